The summed E-state index contributed by atoms with van der Waals surface area (Å²) in [5.41, 5.74) is 1.60. The van der Waals surface area contributed by atoms with Crippen molar-refractivity contribution in [2.45, 2.75) is 38.8 Å². The molecule has 2 rings (SSSR count). The lowest BCUT2D eigenvalue weighted by Gasteiger charge is -2.21. The van der Waals surface area contributed by atoms with Crippen LogP contribution in [-0.2, 0) is 23.1 Å². The van der Waals surface area contributed by atoms with Gasteiger partial charge in [-0.15, -0.1) is 0 Å². The van der Waals surface area contributed by atoms with Crippen molar-refractivity contribution in [1.82, 2.24) is 18.8 Å². The van der Waals surface area contributed by atoms with Crippen LogP contribution >= 0.6 is 0 Å². The molecule has 0 aliphatic rings. The number of aromatic nitrogens is 2. The first-order chi connectivity index (χ1) is 12.2. The maximum atomic E-state index is 12.4. The van der Waals surface area contributed by atoms with Gasteiger partial charge in [-0.3, -0.25) is 4.90 Å². The third kappa shape index (κ3) is 4.06. The highest BCUT2D eigenvalue weighted by atomic mass is 32.2. The van der Waals surface area contributed by atoms with Gasteiger partial charge in [-0.05, 0) is 38.6 Å². The molecule has 1 heterocycles. The Morgan fingerprint density at radius 3 is 2.54 bits per heavy atom. The largest absolute Gasteiger partial charge is 0.327 e. The third-order valence-corrected chi connectivity index (χ3v) is 6.27. The van der Waals surface area contributed by atoms with Crippen LogP contribution in [0.2, 0.25) is 0 Å². The Bertz CT molecular complexity index is 912. The summed E-state index contributed by atoms with van der Waals surface area (Å²) in [6.07, 6.45) is 0. The van der Waals surface area contributed by atoms with Gasteiger partial charge >= 0.3 is 0 Å². The zero-order valence-corrected chi connectivity index (χ0v) is 16.9. The van der Waals surface area contributed by atoms with Crippen LogP contribution < -0.4 is 0 Å². The molecule has 0 fully saturated rings. The lowest BCUT2D eigenvalue weighted by atomic mass is 10.2. The molecule has 2 aromatic rings. The molecule has 7 nitrogen and oxygen atoms in total. The summed E-state index contributed by atoms with van der Waals surface area (Å²) in [4.78, 5) is 7.12. The van der Waals surface area contributed by atoms with Crippen LogP contribution in [0, 0.1) is 17.2 Å². The molecule has 1 atom stereocenters. The highest BCUT2D eigenvalue weighted by Crippen LogP contribution is 2.23. The Morgan fingerprint density at radius 1 is 1.31 bits per heavy atom. The van der Waals surface area contributed by atoms with Crippen molar-refractivity contribution >= 4 is 21.1 Å². The van der Waals surface area contributed by atoms with E-state index in [1.54, 1.807) is 12.1 Å². The van der Waals surface area contributed by atoms with Gasteiger partial charge in [-0.2, -0.15) is 5.26 Å². The van der Waals surface area contributed by atoms with Gasteiger partial charge < -0.3 is 4.57 Å². The minimum Gasteiger partial charge on any atom is -0.327 e. The van der Waals surface area contributed by atoms with E-state index in [1.165, 1.54) is 18.4 Å². The van der Waals surface area contributed by atoms with Crippen molar-refractivity contribution in [3.63, 3.8) is 0 Å². The minimum absolute atomic E-state index is 0.0498. The standard InChI is InChI=1S/C18H27N5O2S/c1-6-22(12-14(3)11-19)13-18-20-16-10-15(26(24,25)21(4)5)8-9-17(16)23(18)7-2/h8-10,14H,6-7,12-13H2,1-5H3. The Balaban J connectivity index is 2.43. The zero-order chi connectivity index (χ0) is 19.5. The number of fused-ring (bicyclic) bond motifs is 1. The number of aryl methyl sites for hydroxylation is 1. The second kappa shape index (κ2) is 8.16. The van der Waals surface area contributed by atoms with Crippen molar-refractivity contribution < 1.29 is 8.42 Å². The van der Waals surface area contributed by atoms with Gasteiger partial charge in [-0.25, -0.2) is 17.7 Å². The summed E-state index contributed by atoms with van der Waals surface area (Å²) in [7, 11) is -0.450. The van der Waals surface area contributed by atoms with Gasteiger partial charge in [-0.1, -0.05) is 6.92 Å². The molecule has 8 heteroatoms. The summed E-state index contributed by atoms with van der Waals surface area (Å²) in [5.74, 6) is 0.833. The Hall–Kier alpha value is -1.95. The molecule has 1 unspecified atom stereocenters. The first-order valence-corrected chi connectivity index (χ1v) is 10.2. The Labute approximate surface area is 155 Å². The molecule has 26 heavy (non-hydrogen) atoms. The van der Waals surface area contributed by atoms with Crippen molar-refractivity contribution in [2.75, 3.05) is 27.2 Å². The van der Waals surface area contributed by atoms with E-state index in [4.69, 9.17) is 10.2 Å². The molecule has 0 saturated carbocycles. The van der Waals surface area contributed by atoms with E-state index < -0.39 is 10.0 Å². The van der Waals surface area contributed by atoms with Crippen LogP contribution in [0.4, 0.5) is 0 Å². The second-order valence-corrected chi connectivity index (χ2v) is 8.72. The molecule has 142 valence electrons. The number of sulfonamides is 1. The Morgan fingerprint density at radius 2 is 2.00 bits per heavy atom. The fraction of sp³-hybridized carbons (Fsp3) is 0.556. The minimum atomic E-state index is -3.49. The molecule has 0 saturated heterocycles. The van der Waals surface area contributed by atoms with Gasteiger partial charge in [0.25, 0.3) is 0 Å². The number of hydrogen-bond donors (Lipinski definition) is 0. The van der Waals surface area contributed by atoms with E-state index in [2.05, 4.69) is 22.5 Å². The van der Waals surface area contributed by atoms with Crippen LogP contribution in [0.15, 0.2) is 23.1 Å². The van der Waals surface area contributed by atoms with E-state index in [0.29, 0.717) is 18.6 Å². The maximum Gasteiger partial charge on any atom is 0.242 e. The maximum absolute atomic E-state index is 12.4. The van der Waals surface area contributed by atoms with E-state index in [-0.39, 0.29) is 10.8 Å². The average molecular weight is 378 g/mol. The predicted octanol–water partition coefficient (Wildman–Crippen LogP) is 2.29. The van der Waals surface area contributed by atoms with Crippen LogP contribution in [0.25, 0.3) is 11.0 Å². The molecule has 1 aromatic carbocycles. The van der Waals surface area contributed by atoms with E-state index in [0.717, 1.165) is 24.4 Å². The smallest absolute Gasteiger partial charge is 0.242 e. The molecule has 1 aromatic heterocycles. The molecule has 0 N–H and O–H groups in total. The molecule has 0 bridgehead atoms. The summed E-state index contributed by atoms with van der Waals surface area (Å²) < 4.78 is 28.0. The normalized spacial score (nSPS) is 13.5. The zero-order valence-electron chi connectivity index (χ0n) is 16.1. The first kappa shape index (κ1) is 20.4. The lowest BCUT2D eigenvalue weighted by molar-refractivity contribution is 0.251. The number of nitriles is 1. The fourth-order valence-electron chi connectivity index (χ4n) is 2.94. The van der Waals surface area contributed by atoms with Crippen molar-refractivity contribution in [3.05, 3.63) is 24.0 Å². The molecule has 0 radical (unpaired) electrons. The van der Waals surface area contributed by atoms with Gasteiger partial charge in [0.1, 0.15) is 5.82 Å². The van der Waals surface area contributed by atoms with Crippen LogP contribution in [0.1, 0.15) is 26.6 Å². The number of rotatable bonds is 8. The Kier molecular flexibility index (Phi) is 6.39. The highest BCUT2D eigenvalue weighted by Gasteiger charge is 2.20. The van der Waals surface area contributed by atoms with Crippen molar-refractivity contribution in [3.8, 4) is 6.07 Å². The van der Waals surface area contributed by atoms with E-state index in [9.17, 15) is 8.42 Å². The van der Waals surface area contributed by atoms with Crippen LogP contribution in [0.3, 0.4) is 0 Å². The van der Waals surface area contributed by atoms with Crippen molar-refractivity contribution in [1.29, 1.82) is 5.26 Å². The molecular formula is C18H27N5O2S. The molecule has 0 aliphatic heterocycles. The topological polar surface area (TPSA) is 82.2 Å². The summed E-state index contributed by atoms with van der Waals surface area (Å²) in [6, 6.07) is 7.35. The fourth-order valence-corrected chi connectivity index (χ4v) is 3.86. The average Bonchev–Trinajstić information content (AvgIpc) is 2.96. The summed E-state index contributed by atoms with van der Waals surface area (Å²) in [6.45, 7) is 8.88. The predicted molar refractivity (Wildman–Crippen MR) is 102 cm³/mol. The highest BCUT2D eigenvalue weighted by molar-refractivity contribution is 7.89. The molecule has 0 spiro atoms. The number of hydrogen-bond acceptors (Lipinski definition) is 5. The van der Waals surface area contributed by atoms with Gasteiger partial charge in [0.15, 0.2) is 0 Å². The van der Waals surface area contributed by atoms with Crippen LogP contribution in [-0.4, -0.2) is 54.4 Å². The number of nitrogens with zero attached hydrogens (tertiary/aromatic N) is 5. The third-order valence-electron chi connectivity index (χ3n) is 4.46. The molecule has 0 aliphatic carbocycles. The quantitative estimate of drug-likeness (QED) is 0.705. The van der Waals surface area contributed by atoms with Gasteiger partial charge in [0, 0.05) is 27.2 Å². The SMILES string of the molecule is CCN(Cc1nc2cc(S(=O)(=O)N(C)C)ccc2n1CC)CC(C)C#N. The van der Waals surface area contributed by atoms with E-state index in [1.807, 2.05) is 19.9 Å². The molecule has 0 amide bonds. The second-order valence-electron chi connectivity index (χ2n) is 6.57. The van der Waals surface area contributed by atoms with Gasteiger partial charge in [0.2, 0.25) is 10.0 Å². The van der Waals surface area contributed by atoms with Crippen molar-refractivity contribution in [2.24, 2.45) is 5.92 Å². The summed E-state index contributed by atoms with van der Waals surface area (Å²) >= 11 is 0. The number of benzene rings is 1. The monoisotopic (exact) mass is 377 g/mol. The summed E-state index contributed by atoms with van der Waals surface area (Å²) in [5, 5.41) is 9.05. The van der Waals surface area contributed by atoms with Gasteiger partial charge in [0.05, 0.1) is 34.5 Å². The van der Waals surface area contributed by atoms with E-state index >= 15 is 0 Å². The van der Waals surface area contributed by atoms with Crippen LogP contribution in [0.5, 0.6) is 0 Å². The lowest BCUT2D eigenvalue weighted by Crippen LogP contribution is -2.29. The first-order valence-electron chi connectivity index (χ1n) is 8.78. The number of imidazole rings is 1. The molecular weight excluding hydrogens is 350 g/mol.